The first-order valence-corrected chi connectivity index (χ1v) is 8.90. The van der Waals surface area contributed by atoms with Gasteiger partial charge in [-0.1, -0.05) is 6.07 Å². The molecule has 24 heavy (non-hydrogen) atoms. The molecule has 1 atom stereocenters. The summed E-state index contributed by atoms with van der Waals surface area (Å²) in [5.41, 5.74) is 4.15. The quantitative estimate of drug-likeness (QED) is 0.910. The van der Waals surface area contributed by atoms with E-state index in [4.69, 9.17) is 4.74 Å². The highest BCUT2D eigenvalue weighted by molar-refractivity contribution is 7.16. The lowest BCUT2D eigenvalue weighted by Gasteiger charge is -2.15. The predicted molar refractivity (Wildman–Crippen MR) is 95.7 cm³/mol. The number of aryl methyl sites for hydroxylation is 3. The number of carbonyl (C=O) groups excluding carboxylic acids is 1. The summed E-state index contributed by atoms with van der Waals surface area (Å²) in [7, 11) is 0. The number of nitriles is 1. The molecule has 0 saturated heterocycles. The van der Waals surface area contributed by atoms with Gasteiger partial charge in [-0.15, -0.1) is 11.3 Å². The van der Waals surface area contributed by atoms with Gasteiger partial charge in [-0.25, -0.2) is 0 Å². The maximum absolute atomic E-state index is 12.4. The minimum absolute atomic E-state index is 0.242. The lowest BCUT2D eigenvalue weighted by atomic mass is 10.1. The van der Waals surface area contributed by atoms with E-state index in [-0.39, 0.29) is 5.91 Å². The van der Waals surface area contributed by atoms with Crippen LogP contribution in [0.1, 0.15) is 40.5 Å². The average molecular weight is 340 g/mol. The fourth-order valence-corrected chi connectivity index (χ4v) is 3.96. The van der Waals surface area contributed by atoms with Gasteiger partial charge in [0, 0.05) is 4.88 Å². The topological polar surface area (TPSA) is 62.1 Å². The molecular formula is C19H20N2O2S. The Balaban J connectivity index is 1.69. The van der Waals surface area contributed by atoms with Gasteiger partial charge >= 0.3 is 0 Å². The van der Waals surface area contributed by atoms with Gasteiger partial charge in [0.25, 0.3) is 5.91 Å². The standard InChI is InChI=1S/C19H20N2O2S/c1-11-13(3)24-19(17(11)10-20)21-18(22)12(2)23-16-8-7-14-5-4-6-15(14)9-16/h7-9,12H,4-6H2,1-3H3,(H,21,22)/t12-/m0/s1. The molecule has 5 heteroatoms. The molecule has 0 radical (unpaired) electrons. The average Bonchev–Trinajstić information content (AvgIpc) is 3.12. The van der Waals surface area contributed by atoms with E-state index in [1.807, 2.05) is 26.0 Å². The van der Waals surface area contributed by atoms with Gasteiger partial charge in [0.05, 0.1) is 5.56 Å². The van der Waals surface area contributed by atoms with Crippen molar-refractivity contribution >= 4 is 22.2 Å². The van der Waals surface area contributed by atoms with Crippen molar-refractivity contribution < 1.29 is 9.53 Å². The highest BCUT2D eigenvalue weighted by atomic mass is 32.1. The van der Waals surface area contributed by atoms with E-state index in [0.717, 1.165) is 29.0 Å². The van der Waals surface area contributed by atoms with Crippen LogP contribution < -0.4 is 10.1 Å². The van der Waals surface area contributed by atoms with Crippen molar-refractivity contribution in [2.45, 2.75) is 46.1 Å². The van der Waals surface area contributed by atoms with Gasteiger partial charge in [-0.2, -0.15) is 5.26 Å². The number of anilines is 1. The Labute approximate surface area is 146 Å². The van der Waals surface area contributed by atoms with E-state index in [1.165, 1.54) is 28.9 Å². The molecular weight excluding hydrogens is 320 g/mol. The number of nitrogens with zero attached hydrogens (tertiary/aromatic N) is 1. The molecule has 124 valence electrons. The SMILES string of the molecule is Cc1sc(NC(=O)[C@H](C)Oc2ccc3c(c2)CCC3)c(C#N)c1C. The lowest BCUT2D eigenvalue weighted by Crippen LogP contribution is -2.30. The highest BCUT2D eigenvalue weighted by Crippen LogP contribution is 2.32. The second-order valence-corrected chi connectivity index (χ2v) is 7.36. The second-order valence-electron chi connectivity index (χ2n) is 6.13. The maximum atomic E-state index is 12.4. The molecule has 0 spiro atoms. The molecule has 1 aliphatic carbocycles. The Morgan fingerprint density at radius 3 is 2.83 bits per heavy atom. The summed E-state index contributed by atoms with van der Waals surface area (Å²) in [6.07, 6.45) is 2.76. The molecule has 1 aromatic carbocycles. The van der Waals surface area contributed by atoms with Crippen LogP contribution in [0.5, 0.6) is 5.75 Å². The third kappa shape index (κ3) is 3.15. The van der Waals surface area contributed by atoms with E-state index >= 15 is 0 Å². The molecule has 0 aliphatic heterocycles. The Hall–Kier alpha value is -2.32. The summed E-state index contributed by atoms with van der Waals surface area (Å²) >= 11 is 1.42. The van der Waals surface area contributed by atoms with Crippen LogP contribution in [0.3, 0.4) is 0 Å². The molecule has 1 aliphatic rings. The van der Waals surface area contributed by atoms with Gasteiger partial charge in [-0.05, 0) is 68.9 Å². The zero-order chi connectivity index (χ0) is 17.3. The zero-order valence-corrected chi connectivity index (χ0v) is 14.9. The number of benzene rings is 1. The molecule has 0 fully saturated rings. The molecule has 0 bridgehead atoms. The van der Waals surface area contributed by atoms with Gasteiger partial charge < -0.3 is 10.1 Å². The lowest BCUT2D eigenvalue weighted by molar-refractivity contribution is -0.122. The second kappa shape index (κ2) is 6.66. The van der Waals surface area contributed by atoms with Crippen molar-refractivity contribution in [1.82, 2.24) is 0 Å². The monoisotopic (exact) mass is 340 g/mol. The molecule has 4 nitrogen and oxygen atoms in total. The summed E-state index contributed by atoms with van der Waals surface area (Å²) in [4.78, 5) is 13.4. The van der Waals surface area contributed by atoms with E-state index in [0.29, 0.717) is 10.6 Å². The first-order chi connectivity index (χ1) is 11.5. The zero-order valence-electron chi connectivity index (χ0n) is 14.1. The molecule has 1 aromatic heterocycles. The predicted octanol–water partition coefficient (Wildman–Crippen LogP) is 4.13. The molecule has 3 rings (SSSR count). The van der Waals surface area contributed by atoms with E-state index < -0.39 is 6.10 Å². The number of ether oxygens (including phenoxy) is 1. The van der Waals surface area contributed by atoms with Crippen LogP contribution in [0.4, 0.5) is 5.00 Å². The normalized spacial score (nSPS) is 13.9. The number of amides is 1. The summed E-state index contributed by atoms with van der Waals surface area (Å²) in [6.45, 7) is 5.56. The summed E-state index contributed by atoms with van der Waals surface area (Å²) in [5, 5.41) is 12.7. The molecule has 1 N–H and O–H groups in total. The van der Waals surface area contributed by atoms with Gasteiger partial charge in [0.15, 0.2) is 6.10 Å². The van der Waals surface area contributed by atoms with Crippen molar-refractivity contribution in [3.63, 3.8) is 0 Å². The minimum Gasteiger partial charge on any atom is -0.481 e. The molecule has 0 saturated carbocycles. The van der Waals surface area contributed by atoms with Crippen molar-refractivity contribution in [1.29, 1.82) is 5.26 Å². The van der Waals surface area contributed by atoms with Crippen LogP contribution >= 0.6 is 11.3 Å². The fraction of sp³-hybridized carbons (Fsp3) is 0.368. The van der Waals surface area contributed by atoms with Crippen LogP contribution in [-0.4, -0.2) is 12.0 Å². The minimum atomic E-state index is -0.626. The van der Waals surface area contributed by atoms with Gasteiger partial charge in [-0.3, -0.25) is 4.79 Å². The smallest absolute Gasteiger partial charge is 0.265 e. The Morgan fingerprint density at radius 2 is 2.08 bits per heavy atom. The van der Waals surface area contributed by atoms with Crippen LogP contribution in [0, 0.1) is 25.2 Å². The van der Waals surface area contributed by atoms with Crippen LogP contribution in [-0.2, 0) is 17.6 Å². The van der Waals surface area contributed by atoms with Crippen molar-refractivity contribution in [2.75, 3.05) is 5.32 Å². The van der Waals surface area contributed by atoms with Crippen LogP contribution in [0.25, 0.3) is 0 Å². The largest absolute Gasteiger partial charge is 0.481 e. The Bertz CT molecular complexity index is 833. The molecule has 1 heterocycles. The maximum Gasteiger partial charge on any atom is 0.265 e. The fourth-order valence-electron chi connectivity index (χ4n) is 2.94. The first-order valence-electron chi connectivity index (χ1n) is 8.09. The van der Waals surface area contributed by atoms with Crippen molar-refractivity contribution in [2.24, 2.45) is 0 Å². The van der Waals surface area contributed by atoms with Crippen LogP contribution in [0.2, 0.25) is 0 Å². The van der Waals surface area contributed by atoms with E-state index in [2.05, 4.69) is 17.5 Å². The number of nitrogens with one attached hydrogen (secondary N) is 1. The highest BCUT2D eigenvalue weighted by Gasteiger charge is 2.20. The van der Waals surface area contributed by atoms with Gasteiger partial charge in [0.2, 0.25) is 0 Å². The number of hydrogen-bond donors (Lipinski definition) is 1. The number of carbonyl (C=O) groups is 1. The van der Waals surface area contributed by atoms with Crippen molar-refractivity contribution in [3.05, 3.63) is 45.3 Å². The van der Waals surface area contributed by atoms with Crippen LogP contribution in [0.15, 0.2) is 18.2 Å². The summed E-state index contributed by atoms with van der Waals surface area (Å²) in [6, 6.07) is 8.21. The van der Waals surface area contributed by atoms with E-state index in [1.54, 1.807) is 6.92 Å². The summed E-state index contributed by atoms with van der Waals surface area (Å²) in [5.74, 6) is 0.477. The molecule has 2 aromatic rings. The number of thiophene rings is 1. The Morgan fingerprint density at radius 1 is 1.33 bits per heavy atom. The third-order valence-corrected chi connectivity index (χ3v) is 5.61. The van der Waals surface area contributed by atoms with Gasteiger partial charge in [0.1, 0.15) is 16.8 Å². The third-order valence-electron chi connectivity index (χ3n) is 4.49. The first kappa shape index (κ1) is 16.5. The number of rotatable bonds is 4. The van der Waals surface area contributed by atoms with Crippen molar-refractivity contribution in [3.8, 4) is 11.8 Å². The molecule has 0 unspecified atom stereocenters. The van der Waals surface area contributed by atoms with E-state index in [9.17, 15) is 10.1 Å². The summed E-state index contributed by atoms with van der Waals surface area (Å²) < 4.78 is 5.79. The molecule has 1 amide bonds. The Kier molecular flexibility index (Phi) is 4.59. The number of hydrogen-bond acceptors (Lipinski definition) is 4. The number of fused-ring (bicyclic) bond motifs is 1.